The minimum Gasteiger partial charge on any atom is -0.493 e. The maximum atomic E-state index is 11.6. The molecule has 0 saturated heterocycles. The van der Waals surface area contributed by atoms with Crippen LogP contribution in [-0.2, 0) is 4.74 Å². The van der Waals surface area contributed by atoms with E-state index in [1.165, 1.54) is 7.11 Å². The normalized spacial score (nSPS) is 10.5. The van der Waals surface area contributed by atoms with Gasteiger partial charge in [-0.15, -0.1) is 0 Å². The number of ether oxygens (including phenoxy) is 3. The van der Waals surface area contributed by atoms with Gasteiger partial charge >= 0.3 is 5.97 Å². The van der Waals surface area contributed by atoms with Gasteiger partial charge in [-0.2, -0.15) is 0 Å². The lowest BCUT2D eigenvalue weighted by Gasteiger charge is -2.11. The summed E-state index contributed by atoms with van der Waals surface area (Å²) in [6, 6.07) is 3.52. The Morgan fingerprint density at radius 1 is 1.37 bits per heavy atom. The van der Waals surface area contributed by atoms with Crippen molar-refractivity contribution in [3.05, 3.63) is 22.3 Å². The number of carbonyl (C=O) groups is 1. The molecule has 1 N–H and O–H groups in total. The molecular weight excluding hydrogens is 314 g/mol. The highest BCUT2D eigenvalue weighted by molar-refractivity contribution is 9.10. The van der Waals surface area contributed by atoms with Crippen LogP contribution in [0, 0.1) is 0 Å². The first-order valence-electron chi connectivity index (χ1n) is 5.72. The number of halogens is 1. The number of aromatic nitrogens is 1. The van der Waals surface area contributed by atoms with E-state index in [9.17, 15) is 4.79 Å². The molecule has 6 heteroatoms. The predicted molar refractivity (Wildman–Crippen MR) is 75.1 cm³/mol. The van der Waals surface area contributed by atoms with E-state index in [0.717, 1.165) is 9.86 Å². The Kier molecular flexibility index (Phi) is 3.99. The van der Waals surface area contributed by atoms with Crippen molar-refractivity contribution < 1.29 is 19.0 Å². The summed E-state index contributed by atoms with van der Waals surface area (Å²) in [7, 11) is 2.91. The summed E-state index contributed by atoms with van der Waals surface area (Å²) in [5, 5.41) is 0.838. The lowest BCUT2D eigenvalue weighted by molar-refractivity contribution is 0.0595. The van der Waals surface area contributed by atoms with Gasteiger partial charge in [-0.3, -0.25) is 0 Å². The van der Waals surface area contributed by atoms with Crippen molar-refractivity contribution in [2.24, 2.45) is 0 Å². The molecular formula is C13H14BrNO4. The number of esters is 1. The SMILES string of the molecule is CCOc1c(OC)cc(Br)c2cc(C(=O)OC)[nH]c12. The largest absolute Gasteiger partial charge is 0.493 e. The summed E-state index contributed by atoms with van der Waals surface area (Å²) in [4.78, 5) is 14.6. The summed E-state index contributed by atoms with van der Waals surface area (Å²) in [6.07, 6.45) is 0. The molecule has 0 saturated carbocycles. The van der Waals surface area contributed by atoms with E-state index >= 15 is 0 Å². The number of H-pyrrole nitrogens is 1. The Morgan fingerprint density at radius 3 is 2.68 bits per heavy atom. The minimum atomic E-state index is -0.426. The zero-order valence-corrected chi connectivity index (χ0v) is 12.5. The van der Waals surface area contributed by atoms with Gasteiger partial charge < -0.3 is 19.2 Å². The molecule has 102 valence electrons. The zero-order valence-electron chi connectivity index (χ0n) is 10.9. The first-order valence-corrected chi connectivity index (χ1v) is 6.52. The molecule has 0 aliphatic heterocycles. The molecule has 19 heavy (non-hydrogen) atoms. The van der Waals surface area contributed by atoms with Crippen LogP contribution in [0.15, 0.2) is 16.6 Å². The molecule has 0 fully saturated rings. The maximum absolute atomic E-state index is 11.6. The van der Waals surface area contributed by atoms with Crippen LogP contribution in [0.1, 0.15) is 17.4 Å². The molecule has 0 bridgehead atoms. The van der Waals surface area contributed by atoms with Crippen LogP contribution in [0.5, 0.6) is 11.5 Å². The van der Waals surface area contributed by atoms with Gasteiger partial charge in [0.05, 0.1) is 26.3 Å². The maximum Gasteiger partial charge on any atom is 0.354 e. The van der Waals surface area contributed by atoms with Crippen molar-refractivity contribution in [2.75, 3.05) is 20.8 Å². The molecule has 2 rings (SSSR count). The van der Waals surface area contributed by atoms with Crippen LogP contribution in [0.4, 0.5) is 0 Å². The topological polar surface area (TPSA) is 60.6 Å². The van der Waals surface area contributed by atoms with Crippen LogP contribution in [0.3, 0.4) is 0 Å². The average molecular weight is 328 g/mol. The number of carbonyl (C=O) groups excluding carboxylic acids is 1. The van der Waals surface area contributed by atoms with Crippen LogP contribution in [0.2, 0.25) is 0 Å². The second-order valence-corrected chi connectivity index (χ2v) is 4.64. The fourth-order valence-corrected chi connectivity index (χ4v) is 2.38. The summed E-state index contributed by atoms with van der Waals surface area (Å²) in [6.45, 7) is 2.39. The lowest BCUT2D eigenvalue weighted by Crippen LogP contribution is -2.01. The van der Waals surface area contributed by atoms with Crippen molar-refractivity contribution in [3.8, 4) is 11.5 Å². The molecule has 0 aliphatic rings. The van der Waals surface area contributed by atoms with Crippen LogP contribution >= 0.6 is 15.9 Å². The Balaban J connectivity index is 2.70. The number of rotatable bonds is 4. The quantitative estimate of drug-likeness (QED) is 0.876. The van der Waals surface area contributed by atoms with Gasteiger partial charge in [0.25, 0.3) is 0 Å². The molecule has 1 aromatic carbocycles. The highest BCUT2D eigenvalue weighted by Gasteiger charge is 2.18. The number of benzene rings is 1. The van der Waals surface area contributed by atoms with E-state index in [0.29, 0.717) is 29.3 Å². The average Bonchev–Trinajstić information content (AvgIpc) is 2.86. The van der Waals surface area contributed by atoms with Gasteiger partial charge in [-0.1, -0.05) is 0 Å². The van der Waals surface area contributed by atoms with E-state index < -0.39 is 5.97 Å². The van der Waals surface area contributed by atoms with Gasteiger partial charge in [0, 0.05) is 9.86 Å². The Bertz CT molecular complexity index is 621. The van der Waals surface area contributed by atoms with Crippen molar-refractivity contribution in [2.45, 2.75) is 6.92 Å². The lowest BCUT2D eigenvalue weighted by atomic mass is 10.2. The van der Waals surface area contributed by atoms with E-state index in [-0.39, 0.29) is 0 Å². The Labute approximate surface area is 119 Å². The second-order valence-electron chi connectivity index (χ2n) is 3.79. The fourth-order valence-electron chi connectivity index (χ4n) is 1.86. The summed E-state index contributed by atoms with van der Waals surface area (Å²) < 4.78 is 16.4. The molecule has 5 nitrogen and oxygen atoms in total. The molecule has 0 unspecified atom stereocenters. The molecule has 0 atom stereocenters. The Hall–Kier alpha value is -1.69. The van der Waals surface area contributed by atoms with Crippen LogP contribution < -0.4 is 9.47 Å². The molecule has 0 amide bonds. The number of fused-ring (bicyclic) bond motifs is 1. The molecule has 1 aromatic heterocycles. The minimum absolute atomic E-state index is 0.368. The van der Waals surface area contributed by atoms with Crippen molar-refractivity contribution in [1.82, 2.24) is 4.98 Å². The van der Waals surface area contributed by atoms with E-state index in [2.05, 4.69) is 20.9 Å². The first kappa shape index (κ1) is 13.7. The van der Waals surface area contributed by atoms with E-state index in [1.807, 2.05) is 13.0 Å². The molecule has 0 spiro atoms. The highest BCUT2D eigenvalue weighted by atomic mass is 79.9. The number of nitrogens with one attached hydrogen (secondary N) is 1. The zero-order chi connectivity index (χ0) is 14.0. The third-order valence-electron chi connectivity index (χ3n) is 2.70. The molecule has 0 radical (unpaired) electrons. The molecule has 2 aromatic rings. The first-order chi connectivity index (χ1) is 9.12. The van der Waals surface area contributed by atoms with Crippen LogP contribution in [-0.4, -0.2) is 31.8 Å². The number of aromatic amines is 1. The highest BCUT2D eigenvalue weighted by Crippen LogP contribution is 2.40. The van der Waals surface area contributed by atoms with E-state index in [4.69, 9.17) is 14.2 Å². The standard InChI is InChI=1S/C13H14BrNO4/c1-4-19-12-10(17-2)6-8(14)7-5-9(13(16)18-3)15-11(7)12/h5-6,15H,4H2,1-3H3. The fraction of sp³-hybridized carbons (Fsp3) is 0.308. The monoisotopic (exact) mass is 327 g/mol. The van der Waals surface area contributed by atoms with Gasteiger partial charge in [0.2, 0.25) is 0 Å². The smallest absolute Gasteiger partial charge is 0.354 e. The molecule has 0 aliphatic carbocycles. The van der Waals surface area contributed by atoms with Crippen molar-refractivity contribution in [3.63, 3.8) is 0 Å². The second kappa shape index (κ2) is 5.52. The third kappa shape index (κ3) is 2.40. The van der Waals surface area contributed by atoms with Gasteiger partial charge in [0.15, 0.2) is 11.5 Å². The summed E-state index contributed by atoms with van der Waals surface area (Å²) >= 11 is 3.45. The van der Waals surface area contributed by atoms with Crippen molar-refractivity contribution in [1.29, 1.82) is 0 Å². The van der Waals surface area contributed by atoms with Gasteiger partial charge in [-0.25, -0.2) is 4.79 Å². The number of hydrogen-bond acceptors (Lipinski definition) is 4. The van der Waals surface area contributed by atoms with Crippen LogP contribution in [0.25, 0.3) is 10.9 Å². The van der Waals surface area contributed by atoms with Gasteiger partial charge in [0.1, 0.15) is 5.69 Å². The number of hydrogen-bond donors (Lipinski definition) is 1. The summed E-state index contributed by atoms with van der Waals surface area (Å²) in [5.41, 5.74) is 1.07. The molecule has 1 heterocycles. The predicted octanol–water partition coefficient (Wildman–Crippen LogP) is 3.12. The summed E-state index contributed by atoms with van der Waals surface area (Å²) in [5.74, 6) is 0.752. The van der Waals surface area contributed by atoms with E-state index in [1.54, 1.807) is 13.2 Å². The van der Waals surface area contributed by atoms with Crippen molar-refractivity contribution >= 4 is 32.8 Å². The Morgan fingerprint density at radius 2 is 2.11 bits per heavy atom. The van der Waals surface area contributed by atoms with Gasteiger partial charge in [-0.05, 0) is 35.0 Å². The third-order valence-corrected chi connectivity index (χ3v) is 3.35. The number of methoxy groups -OCH3 is 2.